The zero-order valence-electron chi connectivity index (χ0n) is 15.1. The van der Waals surface area contributed by atoms with E-state index in [0.29, 0.717) is 26.1 Å². The van der Waals surface area contributed by atoms with Crippen LogP contribution < -0.4 is 10.9 Å². The molecule has 1 amide bonds. The van der Waals surface area contributed by atoms with Crippen LogP contribution in [-0.4, -0.2) is 21.2 Å². The van der Waals surface area contributed by atoms with Gasteiger partial charge in [0.15, 0.2) is 5.16 Å². The summed E-state index contributed by atoms with van der Waals surface area (Å²) in [5.41, 5.74) is 0.929. The van der Waals surface area contributed by atoms with Crippen molar-refractivity contribution >= 4 is 68.1 Å². The van der Waals surface area contributed by atoms with Gasteiger partial charge in [-0.2, -0.15) is 0 Å². The highest BCUT2D eigenvalue weighted by Crippen LogP contribution is 2.28. The van der Waals surface area contributed by atoms with Gasteiger partial charge in [-0.25, -0.2) is 9.37 Å². The minimum absolute atomic E-state index is 0.0701. The highest BCUT2D eigenvalue weighted by atomic mass is 35.5. The van der Waals surface area contributed by atoms with Crippen LogP contribution in [0.4, 0.5) is 10.1 Å². The van der Waals surface area contributed by atoms with Crippen LogP contribution in [-0.2, 0) is 4.79 Å². The third kappa shape index (κ3) is 4.22. The molecule has 0 unspecified atom stereocenters. The summed E-state index contributed by atoms with van der Waals surface area (Å²) < 4.78 is 15.3. The fourth-order valence-corrected chi connectivity index (χ4v) is 4.69. The van der Waals surface area contributed by atoms with Gasteiger partial charge in [-0.15, -0.1) is 11.3 Å². The maximum Gasteiger partial charge on any atom is 0.276 e. The van der Waals surface area contributed by atoms with Crippen LogP contribution in [0, 0.1) is 5.82 Å². The quantitative estimate of drug-likeness (QED) is 0.297. The molecule has 0 aliphatic heterocycles. The molecule has 30 heavy (non-hydrogen) atoms. The lowest BCUT2D eigenvalue weighted by Gasteiger charge is -2.13. The Hall–Kier alpha value is -2.39. The normalized spacial score (nSPS) is 11.0. The van der Waals surface area contributed by atoms with Crippen LogP contribution in [0.5, 0.6) is 0 Å². The molecule has 0 radical (unpaired) electrons. The number of amides is 1. The van der Waals surface area contributed by atoms with Crippen LogP contribution in [0.2, 0.25) is 10.0 Å². The summed E-state index contributed by atoms with van der Waals surface area (Å²) in [5.74, 6) is -1.00. The van der Waals surface area contributed by atoms with Crippen molar-refractivity contribution in [1.29, 1.82) is 0 Å². The minimum atomic E-state index is -0.514. The van der Waals surface area contributed by atoms with Crippen molar-refractivity contribution in [2.24, 2.45) is 0 Å². The zero-order chi connectivity index (χ0) is 21.3. The Labute approximate surface area is 188 Å². The van der Waals surface area contributed by atoms with Gasteiger partial charge < -0.3 is 5.32 Å². The number of hydrogen-bond donors (Lipinski definition) is 1. The van der Waals surface area contributed by atoms with Crippen molar-refractivity contribution in [3.63, 3.8) is 0 Å². The molecule has 4 rings (SSSR count). The summed E-state index contributed by atoms with van der Waals surface area (Å²) in [4.78, 5) is 30.0. The lowest BCUT2D eigenvalue weighted by Crippen LogP contribution is -2.22. The molecular formula is C20H12Cl2FN3O2S2. The van der Waals surface area contributed by atoms with Crippen molar-refractivity contribution < 1.29 is 9.18 Å². The van der Waals surface area contributed by atoms with E-state index in [-0.39, 0.29) is 22.0 Å². The van der Waals surface area contributed by atoms with Gasteiger partial charge in [0.2, 0.25) is 5.91 Å². The fourth-order valence-electron chi connectivity index (χ4n) is 2.74. The Bertz CT molecular complexity index is 1320. The summed E-state index contributed by atoms with van der Waals surface area (Å²) in [7, 11) is 0. The highest BCUT2D eigenvalue weighted by molar-refractivity contribution is 7.99. The standard InChI is InChI=1S/C20H12Cl2FN3O2S2/c21-12-6-5-11(23)9-15(12)24-17(27)10-30-20-25-14-7-8-29-18(14)19(28)26(20)16-4-2-1-3-13(16)22/h1-9H,10H2,(H,24,27). The summed E-state index contributed by atoms with van der Waals surface area (Å²) >= 11 is 14.7. The average Bonchev–Trinajstić information content (AvgIpc) is 3.19. The number of nitrogens with zero attached hydrogens (tertiary/aromatic N) is 2. The first kappa shape index (κ1) is 20.9. The van der Waals surface area contributed by atoms with E-state index in [4.69, 9.17) is 23.2 Å². The minimum Gasteiger partial charge on any atom is -0.324 e. The summed E-state index contributed by atoms with van der Waals surface area (Å²) in [6.45, 7) is 0. The van der Waals surface area contributed by atoms with E-state index in [1.54, 1.807) is 35.7 Å². The van der Waals surface area contributed by atoms with E-state index < -0.39 is 11.7 Å². The van der Waals surface area contributed by atoms with Gasteiger partial charge in [-0.05, 0) is 41.8 Å². The molecule has 0 spiro atoms. The monoisotopic (exact) mass is 479 g/mol. The smallest absolute Gasteiger partial charge is 0.276 e. The molecule has 152 valence electrons. The largest absolute Gasteiger partial charge is 0.324 e. The van der Waals surface area contributed by atoms with E-state index in [0.717, 1.165) is 17.8 Å². The van der Waals surface area contributed by atoms with Crippen molar-refractivity contribution in [3.8, 4) is 5.69 Å². The lowest BCUT2D eigenvalue weighted by atomic mass is 10.3. The van der Waals surface area contributed by atoms with Crippen LogP contribution in [0.25, 0.3) is 15.9 Å². The van der Waals surface area contributed by atoms with Crippen LogP contribution >= 0.6 is 46.3 Å². The van der Waals surface area contributed by atoms with E-state index in [9.17, 15) is 14.0 Å². The van der Waals surface area contributed by atoms with Gasteiger partial charge in [0, 0.05) is 0 Å². The van der Waals surface area contributed by atoms with Crippen molar-refractivity contribution in [3.05, 3.63) is 80.1 Å². The van der Waals surface area contributed by atoms with Crippen molar-refractivity contribution in [2.45, 2.75) is 5.16 Å². The molecule has 0 atom stereocenters. The Kier molecular flexibility index (Phi) is 6.10. The number of carbonyl (C=O) groups is 1. The topological polar surface area (TPSA) is 64.0 Å². The molecule has 4 aromatic rings. The SMILES string of the molecule is O=C(CSc1nc2ccsc2c(=O)n1-c1ccccc1Cl)Nc1cc(F)ccc1Cl. The number of halogens is 3. The van der Waals surface area contributed by atoms with Crippen molar-refractivity contribution in [2.75, 3.05) is 11.1 Å². The number of benzene rings is 2. The van der Waals surface area contributed by atoms with Gasteiger partial charge in [0.25, 0.3) is 5.56 Å². The first-order valence-corrected chi connectivity index (χ1v) is 11.2. The summed E-state index contributed by atoms with van der Waals surface area (Å²) in [6, 6.07) is 12.4. The molecule has 0 saturated carbocycles. The van der Waals surface area contributed by atoms with Crippen LogP contribution in [0.1, 0.15) is 0 Å². The second-order valence-corrected chi connectivity index (χ2v) is 8.76. The predicted octanol–water partition coefficient (Wildman–Crippen LogP) is 5.62. The Morgan fingerprint density at radius 3 is 2.77 bits per heavy atom. The number of thiophene rings is 1. The first-order chi connectivity index (χ1) is 14.4. The second kappa shape index (κ2) is 8.77. The summed E-state index contributed by atoms with van der Waals surface area (Å²) in [5, 5.41) is 5.27. The molecule has 1 N–H and O–H groups in total. The van der Waals surface area contributed by atoms with Gasteiger partial charge in [0.1, 0.15) is 10.5 Å². The molecule has 10 heteroatoms. The molecule has 0 fully saturated rings. The number of para-hydroxylation sites is 1. The van der Waals surface area contributed by atoms with E-state index in [2.05, 4.69) is 10.3 Å². The van der Waals surface area contributed by atoms with Gasteiger partial charge >= 0.3 is 0 Å². The molecule has 0 aliphatic carbocycles. The molecular weight excluding hydrogens is 468 g/mol. The van der Waals surface area contributed by atoms with Gasteiger partial charge in [0.05, 0.1) is 32.7 Å². The second-order valence-electron chi connectivity index (χ2n) is 6.08. The Morgan fingerprint density at radius 1 is 1.17 bits per heavy atom. The fraction of sp³-hybridized carbons (Fsp3) is 0.0500. The molecule has 0 saturated heterocycles. The first-order valence-electron chi connectivity index (χ1n) is 8.57. The van der Waals surface area contributed by atoms with E-state index >= 15 is 0 Å². The van der Waals surface area contributed by atoms with Crippen LogP contribution in [0.3, 0.4) is 0 Å². The third-order valence-electron chi connectivity index (χ3n) is 4.08. The van der Waals surface area contributed by atoms with E-state index in [1.807, 2.05) is 0 Å². The van der Waals surface area contributed by atoms with E-state index in [1.165, 1.54) is 28.0 Å². The average molecular weight is 480 g/mol. The number of carbonyl (C=O) groups excluding carboxylic acids is 1. The number of fused-ring (bicyclic) bond motifs is 1. The van der Waals surface area contributed by atoms with Gasteiger partial charge in [-0.3, -0.25) is 14.2 Å². The number of aromatic nitrogens is 2. The predicted molar refractivity (Wildman–Crippen MR) is 121 cm³/mol. The molecule has 0 bridgehead atoms. The number of hydrogen-bond acceptors (Lipinski definition) is 5. The number of anilines is 1. The number of thioether (sulfide) groups is 1. The molecule has 2 heterocycles. The maximum atomic E-state index is 13.4. The maximum absolute atomic E-state index is 13.4. The molecule has 5 nitrogen and oxygen atoms in total. The number of nitrogens with one attached hydrogen (secondary N) is 1. The number of rotatable bonds is 5. The Morgan fingerprint density at radius 2 is 1.97 bits per heavy atom. The highest BCUT2D eigenvalue weighted by Gasteiger charge is 2.17. The summed E-state index contributed by atoms with van der Waals surface area (Å²) in [6.07, 6.45) is 0. The zero-order valence-corrected chi connectivity index (χ0v) is 18.2. The third-order valence-corrected chi connectivity index (χ3v) is 6.56. The van der Waals surface area contributed by atoms with Crippen LogP contribution in [0.15, 0.2) is 63.9 Å². The molecule has 0 aliphatic rings. The Balaban J connectivity index is 1.66. The molecule has 2 aromatic carbocycles. The molecule has 2 aromatic heterocycles. The lowest BCUT2D eigenvalue weighted by molar-refractivity contribution is -0.113. The van der Waals surface area contributed by atoms with Gasteiger partial charge in [-0.1, -0.05) is 47.1 Å². The van der Waals surface area contributed by atoms with Crippen molar-refractivity contribution in [1.82, 2.24) is 9.55 Å².